The van der Waals surface area contributed by atoms with Crippen LogP contribution in [0.4, 0.5) is 0 Å². The largest absolute Gasteiger partial charge is 0.494 e. The van der Waals surface area contributed by atoms with Crippen LogP contribution >= 0.6 is 0 Å². The SMILES string of the molecule is C=CCCCCOc1ccc(-c2ccc(C(=O)Oc3ccc(OCCCC(C)CC)cc3)cc2)cc1. The van der Waals surface area contributed by atoms with E-state index in [4.69, 9.17) is 14.2 Å². The molecule has 0 heterocycles. The summed E-state index contributed by atoms with van der Waals surface area (Å²) in [5.74, 6) is 2.49. The van der Waals surface area contributed by atoms with Gasteiger partial charge >= 0.3 is 5.97 Å². The molecule has 0 fully saturated rings. The molecule has 36 heavy (non-hydrogen) atoms. The average molecular weight is 487 g/mol. The van der Waals surface area contributed by atoms with Crippen molar-refractivity contribution in [2.45, 2.75) is 52.4 Å². The summed E-state index contributed by atoms with van der Waals surface area (Å²) < 4.78 is 17.1. The number of ether oxygens (including phenoxy) is 3. The maximum Gasteiger partial charge on any atom is 0.343 e. The van der Waals surface area contributed by atoms with Gasteiger partial charge in [-0.05, 0) is 97.7 Å². The number of hydrogen-bond donors (Lipinski definition) is 0. The Kier molecular flexibility index (Phi) is 11.1. The third-order valence-corrected chi connectivity index (χ3v) is 6.22. The van der Waals surface area contributed by atoms with Crippen molar-refractivity contribution in [1.82, 2.24) is 0 Å². The fourth-order valence-corrected chi connectivity index (χ4v) is 3.72. The van der Waals surface area contributed by atoms with Crippen LogP contribution in [-0.2, 0) is 0 Å². The molecule has 0 radical (unpaired) electrons. The highest BCUT2D eigenvalue weighted by atomic mass is 16.5. The van der Waals surface area contributed by atoms with Crippen molar-refractivity contribution in [3.8, 4) is 28.4 Å². The van der Waals surface area contributed by atoms with Crippen LogP contribution in [0, 0.1) is 5.92 Å². The van der Waals surface area contributed by atoms with E-state index >= 15 is 0 Å². The zero-order valence-electron chi connectivity index (χ0n) is 21.6. The molecule has 1 atom stereocenters. The molecule has 3 aromatic rings. The third kappa shape index (κ3) is 8.92. The molecule has 3 rings (SSSR count). The molecule has 0 amide bonds. The van der Waals surface area contributed by atoms with Crippen LogP contribution in [0.15, 0.2) is 85.5 Å². The molecule has 0 aliphatic heterocycles. The number of hydrogen-bond acceptors (Lipinski definition) is 4. The van der Waals surface area contributed by atoms with E-state index in [1.807, 2.05) is 54.6 Å². The van der Waals surface area contributed by atoms with Gasteiger partial charge in [-0.15, -0.1) is 6.58 Å². The number of benzene rings is 3. The number of carbonyl (C=O) groups is 1. The molecule has 0 aliphatic carbocycles. The fourth-order valence-electron chi connectivity index (χ4n) is 3.72. The minimum absolute atomic E-state index is 0.385. The number of unbranched alkanes of at least 4 members (excludes halogenated alkanes) is 2. The third-order valence-electron chi connectivity index (χ3n) is 6.22. The van der Waals surface area contributed by atoms with Gasteiger partial charge < -0.3 is 14.2 Å². The number of rotatable bonds is 15. The van der Waals surface area contributed by atoms with E-state index in [1.165, 1.54) is 12.8 Å². The van der Waals surface area contributed by atoms with E-state index < -0.39 is 0 Å². The first-order valence-corrected chi connectivity index (χ1v) is 13.0. The van der Waals surface area contributed by atoms with Gasteiger partial charge in [0.05, 0.1) is 18.8 Å². The van der Waals surface area contributed by atoms with Gasteiger partial charge in [0.2, 0.25) is 0 Å². The Morgan fingerprint density at radius 1 is 0.778 bits per heavy atom. The molecule has 0 saturated carbocycles. The lowest BCUT2D eigenvalue weighted by molar-refractivity contribution is 0.0734. The van der Waals surface area contributed by atoms with Crippen molar-refractivity contribution in [3.63, 3.8) is 0 Å². The molecule has 1 unspecified atom stereocenters. The Balaban J connectivity index is 1.47. The van der Waals surface area contributed by atoms with Gasteiger partial charge in [-0.2, -0.15) is 0 Å². The number of esters is 1. The second-order valence-corrected chi connectivity index (χ2v) is 9.10. The van der Waals surface area contributed by atoms with Crippen LogP contribution < -0.4 is 14.2 Å². The highest BCUT2D eigenvalue weighted by molar-refractivity contribution is 5.91. The Morgan fingerprint density at radius 3 is 1.89 bits per heavy atom. The summed E-state index contributed by atoms with van der Waals surface area (Å²) in [6.07, 6.45) is 8.46. The van der Waals surface area contributed by atoms with E-state index in [0.29, 0.717) is 24.5 Å². The summed E-state index contributed by atoms with van der Waals surface area (Å²) in [6.45, 7) is 9.61. The van der Waals surface area contributed by atoms with Crippen LogP contribution in [0.5, 0.6) is 17.2 Å². The maximum absolute atomic E-state index is 12.6. The molecule has 0 aromatic heterocycles. The summed E-state index contributed by atoms with van der Waals surface area (Å²) in [7, 11) is 0. The second-order valence-electron chi connectivity index (χ2n) is 9.10. The maximum atomic E-state index is 12.6. The molecule has 3 aromatic carbocycles. The molecule has 4 nitrogen and oxygen atoms in total. The zero-order chi connectivity index (χ0) is 25.6. The summed E-state index contributed by atoms with van der Waals surface area (Å²) >= 11 is 0. The zero-order valence-corrected chi connectivity index (χ0v) is 21.6. The van der Waals surface area contributed by atoms with Gasteiger partial charge in [0.15, 0.2) is 0 Å². The number of allylic oxidation sites excluding steroid dienone is 1. The summed E-state index contributed by atoms with van der Waals surface area (Å²) in [6, 6.07) is 22.6. The van der Waals surface area contributed by atoms with Crippen LogP contribution in [-0.4, -0.2) is 19.2 Å². The van der Waals surface area contributed by atoms with Crippen molar-refractivity contribution in [3.05, 3.63) is 91.0 Å². The molecule has 0 N–H and O–H groups in total. The van der Waals surface area contributed by atoms with Gasteiger partial charge in [0, 0.05) is 0 Å². The van der Waals surface area contributed by atoms with Crippen LogP contribution in [0.2, 0.25) is 0 Å². The first-order chi connectivity index (χ1) is 17.6. The van der Waals surface area contributed by atoms with Crippen LogP contribution in [0.3, 0.4) is 0 Å². The molecule has 4 heteroatoms. The second kappa shape index (κ2) is 14.8. The molecule has 0 bridgehead atoms. The smallest absolute Gasteiger partial charge is 0.343 e. The van der Waals surface area contributed by atoms with Gasteiger partial charge in [-0.3, -0.25) is 0 Å². The van der Waals surface area contributed by atoms with Crippen molar-refractivity contribution in [1.29, 1.82) is 0 Å². The van der Waals surface area contributed by atoms with E-state index in [1.54, 1.807) is 24.3 Å². The topological polar surface area (TPSA) is 44.8 Å². The highest BCUT2D eigenvalue weighted by Gasteiger charge is 2.10. The first-order valence-electron chi connectivity index (χ1n) is 13.0. The molecule has 0 saturated heterocycles. The van der Waals surface area contributed by atoms with Gasteiger partial charge in [-0.1, -0.05) is 50.6 Å². The fraction of sp³-hybridized carbons (Fsp3) is 0.344. The summed E-state index contributed by atoms with van der Waals surface area (Å²) in [5, 5.41) is 0. The van der Waals surface area contributed by atoms with Crippen LogP contribution in [0.1, 0.15) is 62.7 Å². The van der Waals surface area contributed by atoms with E-state index in [0.717, 1.165) is 54.2 Å². The van der Waals surface area contributed by atoms with Gasteiger partial charge in [-0.25, -0.2) is 4.79 Å². The summed E-state index contributed by atoms with van der Waals surface area (Å²) in [5.41, 5.74) is 2.59. The standard InChI is InChI=1S/C32H38O4/c1-4-6-7-8-23-34-29-17-15-27(16-18-29)26-11-13-28(14-12-26)32(33)36-31-21-19-30(20-22-31)35-24-9-10-25(3)5-2/h4,11-22,25H,1,5-10,23-24H2,2-3H3. The Labute approximate surface area is 215 Å². The van der Waals surface area contributed by atoms with Crippen molar-refractivity contribution in [2.75, 3.05) is 13.2 Å². The average Bonchev–Trinajstić information content (AvgIpc) is 2.92. The minimum Gasteiger partial charge on any atom is -0.494 e. The predicted octanol–water partition coefficient (Wildman–Crippen LogP) is 8.51. The molecule has 190 valence electrons. The van der Waals surface area contributed by atoms with E-state index in [-0.39, 0.29) is 5.97 Å². The minimum atomic E-state index is -0.385. The molecular weight excluding hydrogens is 448 g/mol. The highest BCUT2D eigenvalue weighted by Crippen LogP contribution is 2.24. The molecule has 0 aliphatic rings. The monoisotopic (exact) mass is 486 g/mol. The van der Waals surface area contributed by atoms with E-state index in [2.05, 4.69) is 20.4 Å². The summed E-state index contributed by atoms with van der Waals surface area (Å²) in [4.78, 5) is 12.6. The predicted molar refractivity (Wildman–Crippen MR) is 147 cm³/mol. The Morgan fingerprint density at radius 2 is 1.31 bits per heavy atom. The lowest BCUT2D eigenvalue weighted by Crippen LogP contribution is -2.08. The lowest BCUT2D eigenvalue weighted by atomic mass is 10.0. The van der Waals surface area contributed by atoms with E-state index in [9.17, 15) is 4.79 Å². The number of carbonyl (C=O) groups excluding carboxylic acids is 1. The van der Waals surface area contributed by atoms with Crippen molar-refractivity contribution < 1.29 is 19.0 Å². The first kappa shape index (κ1) is 27.1. The van der Waals surface area contributed by atoms with Crippen molar-refractivity contribution in [2.24, 2.45) is 5.92 Å². The van der Waals surface area contributed by atoms with Gasteiger partial charge in [0.1, 0.15) is 17.2 Å². The Hall–Kier alpha value is -3.53. The molecule has 0 spiro atoms. The lowest BCUT2D eigenvalue weighted by Gasteiger charge is -2.10. The van der Waals surface area contributed by atoms with Gasteiger partial charge in [0.25, 0.3) is 0 Å². The van der Waals surface area contributed by atoms with Crippen LogP contribution in [0.25, 0.3) is 11.1 Å². The Bertz CT molecular complexity index is 1050. The normalized spacial score (nSPS) is 11.5. The molecular formula is C32H38O4. The van der Waals surface area contributed by atoms with Crippen molar-refractivity contribution >= 4 is 5.97 Å². The quantitative estimate of drug-likeness (QED) is 0.0934.